The fourth-order valence-corrected chi connectivity index (χ4v) is 3.07. The quantitative estimate of drug-likeness (QED) is 0.849. The van der Waals surface area contributed by atoms with Gasteiger partial charge in [-0.25, -0.2) is 4.98 Å². The van der Waals surface area contributed by atoms with E-state index in [1.165, 1.54) is 11.3 Å². The van der Waals surface area contributed by atoms with Gasteiger partial charge in [0, 0.05) is 13.1 Å². The molecular formula is C13H12N4OS. The van der Waals surface area contributed by atoms with Gasteiger partial charge in [0.05, 0.1) is 16.1 Å². The number of benzene rings is 1. The first-order valence-corrected chi connectivity index (χ1v) is 6.89. The van der Waals surface area contributed by atoms with E-state index in [4.69, 9.17) is 5.26 Å². The van der Waals surface area contributed by atoms with Crippen LogP contribution in [0.4, 0.5) is 5.13 Å². The maximum absolute atomic E-state index is 12.1. The third-order valence-corrected chi connectivity index (χ3v) is 4.18. The number of nitrogens with one attached hydrogen (secondary N) is 1. The van der Waals surface area contributed by atoms with Gasteiger partial charge in [0.1, 0.15) is 0 Å². The third-order valence-electron chi connectivity index (χ3n) is 3.22. The largest absolute Gasteiger partial charge is 0.310 e. The number of carbonyl (C=O) groups is 1. The molecule has 1 aromatic heterocycles. The van der Waals surface area contributed by atoms with Gasteiger partial charge in [-0.3, -0.25) is 4.79 Å². The average Bonchev–Trinajstić information content (AvgIpc) is 3.04. The van der Waals surface area contributed by atoms with E-state index in [9.17, 15) is 4.79 Å². The van der Waals surface area contributed by atoms with E-state index < -0.39 is 0 Å². The molecule has 0 unspecified atom stereocenters. The summed E-state index contributed by atoms with van der Waals surface area (Å²) < 4.78 is 1.06. The summed E-state index contributed by atoms with van der Waals surface area (Å²) >= 11 is 1.47. The zero-order valence-electron chi connectivity index (χ0n) is 10.2. The van der Waals surface area contributed by atoms with E-state index in [1.807, 2.05) is 24.3 Å². The first-order valence-electron chi connectivity index (χ1n) is 6.07. The molecular weight excluding hydrogens is 260 g/mol. The van der Waals surface area contributed by atoms with Crippen molar-refractivity contribution in [3.8, 4) is 6.19 Å². The molecule has 6 heteroatoms. The first-order chi connectivity index (χ1) is 9.26. The van der Waals surface area contributed by atoms with Crippen LogP contribution < -0.4 is 5.32 Å². The lowest BCUT2D eigenvalue weighted by atomic mass is 10.1. The summed E-state index contributed by atoms with van der Waals surface area (Å²) in [4.78, 5) is 18.1. The predicted molar refractivity (Wildman–Crippen MR) is 73.5 cm³/mol. The van der Waals surface area contributed by atoms with Gasteiger partial charge in [0.15, 0.2) is 11.3 Å². The molecule has 0 spiro atoms. The SMILES string of the molecule is N#CN1CC[C@H](C(=O)Nc2nc3ccccc3s2)C1. The van der Waals surface area contributed by atoms with Crippen LogP contribution in [0, 0.1) is 17.4 Å². The molecule has 1 N–H and O–H groups in total. The smallest absolute Gasteiger partial charge is 0.231 e. The summed E-state index contributed by atoms with van der Waals surface area (Å²) in [5.74, 6) is -0.163. The predicted octanol–water partition coefficient (Wildman–Crippen LogP) is 2.04. The Bertz CT molecular complexity index is 627. The van der Waals surface area contributed by atoms with Crippen molar-refractivity contribution in [2.75, 3.05) is 18.4 Å². The minimum Gasteiger partial charge on any atom is -0.310 e. The van der Waals surface area contributed by atoms with Crippen molar-refractivity contribution in [3.05, 3.63) is 24.3 Å². The molecule has 1 fully saturated rings. The van der Waals surface area contributed by atoms with Crippen molar-refractivity contribution in [2.45, 2.75) is 6.42 Å². The van der Waals surface area contributed by atoms with E-state index in [-0.39, 0.29) is 11.8 Å². The number of hydrogen-bond acceptors (Lipinski definition) is 5. The lowest BCUT2D eigenvalue weighted by Crippen LogP contribution is -2.25. The maximum Gasteiger partial charge on any atom is 0.231 e. The van der Waals surface area contributed by atoms with Crippen molar-refractivity contribution in [1.29, 1.82) is 5.26 Å². The minimum absolute atomic E-state index is 0.0446. The first kappa shape index (κ1) is 11.9. The standard InChI is InChI=1S/C13H12N4OS/c14-8-17-6-5-9(7-17)12(18)16-13-15-10-3-1-2-4-11(10)19-13/h1-4,9H,5-7H2,(H,15,16,18)/t9-/m0/s1. The number of amides is 1. The topological polar surface area (TPSA) is 69.0 Å². The molecule has 2 aromatic rings. The number of thiazole rings is 1. The normalized spacial score (nSPS) is 18.5. The van der Waals surface area contributed by atoms with Crippen LogP contribution in [0.1, 0.15) is 6.42 Å². The van der Waals surface area contributed by atoms with E-state index in [0.29, 0.717) is 18.2 Å². The molecule has 0 saturated carbocycles. The molecule has 0 bridgehead atoms. The maximum atomic E-state index is 12.1. The van der Waals surface area contributed by atoms with Crippen LogP contribution in [-0.2, 0) is 4.79 Å². The number of anilines is 1. The van der Waals surface area contributed by atoms with Gasteiger partial charge in [0.25, 0.3) is 0 Å². The van der Waals surface area contributed by atoms with Gasteiger partial charge in [-0.05, 0) is 18.6 Å². The highest BCUT2D eigenvalue weighted by atomic mass is 32.1. The molecule has 5 nitrogen and oxygen atoms in total. The van der Waals surface area contributed by atoms with Crippen LogP contribution in [0.3, 0.4) is 0 Å². The monoisotopic (exact) mass is 272 g/mol. The fourth-order valence-electron chi connectivity index (χ4n) is 2.20. The molecule has 1 aliphatic heterocycles. The van der Waals surface area contributed by atoms with E-state index >= 15 is 0 Å². The second-order valence-electron chi connectivity index (χ2n) is 4.51. The van der Waals surface area contributed by atoms with Crippen LogP contribution in [0.2, 0.25) is 0 Å². The van der Waals surface area contributed by atoms with Gasteiger partial charge >= 0.3 is 0 Å². The summed E-state index contributed by atoms with van der Waals surface area (Å²) in [6, 6.07) is 7.79. The Morgan fingerprint density at radius 3 is 3.11 bits per heavy atom. The van der Waals surface area contributed by atoms with Crippen LogP contribution in [-0.4, -0.2) is 28.9 Å². The lowest BCUT2D eigenvalue weighted by Gasteiger charge is -2.08. The Hall–Kier alpha value is -2.13. The third kappa shape index (κ3) is 2.37. The van der Waals surface area contributed by atoms with Crippen molar-refractivity contribution in [1.82, 2.24) is 9.88 Å². The second-order valence-corrected chi connectivity index (χ2v) is 5.54. The Morgan fingerprint density at radius 1 is 1.53 bits per heavy atom. The van der Waals surface area contributed by atoms with Gasteiger partial charge < -0.3 is 10.2 Å². The molecule has 1 atom stereocenters. The van der Waals surface area contributed by atoms with Crippen molar-refractivity contribution < 1.29 is 4.79 Å². The summed E-state index contributed by atoms with van der Waals surface area (Å²) in [6.07, 6.45) is 2.80. The second kappa shape index (κ2) is 4.86. The Labute approximate surface area is 114 Å². The molecule has 1 amide bonds. The van der Waals surface area contributed by atoms with E-state index in [1.54, 1.807) is 4.90 Å². The van der Waals surface area contributed by atoms with Crippen molar-refractivity contribution >= 4 is 32.6 Å². The molecule has 1 aliphatic rings. The lowest BCUT2D eigenvalue weighted by molar-refractivity contribution is -0.119. The Morgan fingerprint density at radius 2 is 2.37 bits per heavy atom. The van der Waals surface area contributed by atoms with Gasteiger partial charge in [-0.15, -0.1) is 0 Å². The highest BCUT2D eigenvalue weighted by Crippen LogP contribution is 2.26. The zero-order chi connectivity index (χ0) is 13.2. The van der Waals surface area contributed by atoms with Gasteiger partial charge in [-0.1, -0.05) is 23.5 Å². The summed E-state index contributed by atoms with van der Waals surface area (Å²) in [6.45, 7) is 1.17. The number of nitrogens with zero attached hydrogens (tertiary/aromatic N) is 3. The summed E-state index contributed by atoms with van der Waals surface area (Å²) in [5, 5.41) is 12.3. The van der Waals surface area contributed by atoms with Crippen molar-refractivity contribution in [2.24, 2.45) is 5.92 Å². The van der Waals surface area contributed by atoms with Crippen LogP contribution >= 0.6 is 11.3 Å². The number of likely N-dealkylation sites (tertiary alicyclic amines) is 1. The van der Waals surface area contributed by atoms with Crippen molar-refractivity contribution in [3.63, 3.8) is 0 Å². The number of hydrogen-bond donors (Lipinski definition) is 1. The molecule has 3 rings (SSSR count). The molecule has 1 saturated heterocycles. The number of rotatable bonds is 2. The zero-order valence-corrected chi connectivity index (χ0v) is 11.0. The van der Waals surface area contributed by atoms with Crippen LogP contribution in [0.5, 0.6) is 0 Å². The van der Waals surface area contributed by atoms with E-state index in [0.717, 1.165) is 16.6 Å². The number of carbonyl (C=O) groups excluding carboxylic acids is 1. The number of para-hydroxylation sites is 1. The molecule has 96 valence electrons. The molecule has 0 radical (unpaired) electrons. The summed E-state index contributed by atoms with van der Waals surface area (Å²) in [5.41, 5.74) is 0.896. The molecule has 0 aliphatic carbocycles. The van der Waals surface area contributed by atoms with Crippen LogP contribution in [0.25, 0.3) is 10.2 Å². The van der Waals surface area contributed by atoms with E-state index in [2.05, 4.69) is 16.5 Å². The van der Waals surface area contributed by atoms with Gasteiger partial charge in [0.2, 0.25) is 5.91 Å². The highest BCUT2D eigenvalue weighted by Gasteiger charge is 2.28. The highest BCUT2D eigenvalue weighted by molar-refractivity contribution is 7.22. The Kier molecular flexibility index (Phi) is 3.05. The Balaban J connectivity index is 1.71. The van der Waals surface area contributed by atoms with Crippen LogP contribution in [0.15, 0.2) is 24.3 Å². The average molecular weight is 272 g/mol. The fraction of sp³-hybridized carbons (Fsp3) is 0.308. The number of fused-ring (bicyclic) bond motifs is 1. The summed E-state index contributed by atoms with van der Waals surface area (Å²) in [7, 11) is 0. The number of aromatic nitrogens is 1. The molecule has 1 aromatic carbocycles. The minimum atomic E-state index is -0.119. The van der Waals surface area contributed by atoms with Gasteiger partial charge in [-0.2, -0.15) is 5.26 Å². The molecule has 2 heterocycles. The molecule has 19 heavy (non-hydrogen) atoms. The number of nitriles is 1.